The molecule has 0 bridgehead atoms. The van der Waals surface area contributed by atoms with E-state index in [4.69, 9.17) is 5.73 Å². The molecule has 1 aromatic heterocycles. The van der Waals surface area contributed by atoms with Crippen molar-refractivity contribution >= 4 is 33.2 Å². The van der Waals surface area contributed by atoms with Gasteiger partial charge in [0.1, 0.15) is 0 Å². The standard InChI is InChI=1S/C12H19BrN2OS/c1-11(2,12(3,4)14)10(16)15-7-9-8(13)5-6-17-9/h5-6H,7,14H2,1-4H3,(H,15,16). The van der Waals surface area contributed by atoms with Crippen molar-refractivity contribution in [3.63, 3.8) is 0 Å². The quantitative estimate of drug-likeness (QED) is 0.896. The van der Waals surface area contributed by atoms with Crippen LogP contribution in [0.15, 0.2) is 15.9 Å². The van der Waals surface area contributed by atoms with E-state index in [1.807, 2.05) is 39.1 Å². The lowest BCUT2D eigenvalue weighted by molar-refractivity contribution is -0.132. The lowest BCUT2D eigenvalue weighted by Crippen LogP contribution is -2.55. The Morgan fingerprint density at radius 1 is 1.47 bits per heavy atom. The number of nitrogens with two attached hydrogens (primary N) is 1. The van der Waals surface area contributed by atoms with E-state index in [0.29, 0.717) is 6.54 Å². The highest BCUT2D eigenvalue weighted by Crippen LogP contribution is 2.29. The van der Waals surface area contributed by atoms with Gasteiger partial charge in [0.05, 0.1) is 12.0 Å². The molecule has 1 amide bonds. The molecular weight excluding hydrogens is 300 g/mol. The number of carbonyl (C=O) groups is 1. The number of halogens is 1. The second-order valence-electron chi connectivity index (χ2n) is 5.22. The number of thiophene rings is 1. The second-order valence-corrected chi connectivity index (χ2v) is 7.08. The van der Waals surface area contributed by atoms with Crippen LogP contribution in [0.25, 0.3) is 0 Å². The van der Waals surface area contributed by atoms with Gasteiger partial charge in [0, 0.05) is 14.9 Å². The summed E-state index contributed by atoms with van der Waals surface area (Å²) in [7, 11) is 0. The van der Waals surface area contributed by atoms with Crippen molar-refractivity contribution in [3.05, 3.63) is 20.8 Å². The molecule has 1 rings (SSSR count). The van der Waals surface area contributed by atoms with Crippen LogP contribution in [0.4, 0.5) is 0 Å². The van der Waals surface area contributed by atoms with E-state index in [2.05, 4.69) is 21.2 Å². The largest absolute Gasteiger partial charge is 0.351 e. The molecule has 0 radical (unpaired) electrons. The molecule has 0 unspecified atom stereocenters. The predicted molar refractivity (Wildman–Crippen MR) is 75.9 cm³/mol. The third kappa shape index (κ3) is 3.30. The summed E-state index contributed by atoms with van der Waals surface area (Å²) in [6.45, 7) is 8.01. The van der Waals surface area contributed by atoms with E-state index < -0.39 is 11.0 Å². The molecule has 0 spiro atoms. The highest BCUT2D eigenvalue weighted by Gasteiger charge is 2.40. The van der Waals surface area contributed by atoms with Crippen molar-refractivity contribution < 1.29 is 4.79 Å². The molecule has 0 aliphatic carbocycles. The number of hydrogen-bond donors (Lipinski definition) is 2. The van der Waals surface area contributed by atoms with E-state index in [1.165, 1.54) is 0 Å². The van der Waals surface area contributed by atoms with Gasteiger partial charge < -0.3 is 11.1 Å². The van der Waals surface area contributed by atoms with Gasteiger partial charge >= 0.3 is 0 Å². The minimum atomic E-state index is -0.600. The minimum absolute atomic E-state index is 0.0229. The maximum absolute atomic E-state index is 12.1. The predicted octanol–water partition coefficient (Wildman–Crippen LogP) is 2.89. The van der Waals surface area contributed by atoms with E-state index >= 15 is 0 Å². The smallest absolute Gasteiger partial charge is 0.227 e. The average molecular weight is 319 g/mol. The summed E-state index contributed by atoms with van der Waals surface area (Å²) in [5, 5.41) is 4.92. The zero-order valence-corrected chi connectivity index (χ0v) is 13.0. The summed E-state index contributed by atoms with van der Waals surface area (Å²) in [6, 6.07) is 1.98. The van der Waals surface area contributed by atoms with Crippen molar-refractivity contribution in [2.75, 3.05) is 0 Å². The van der Waals surface area contributed by atoms with Crippen molar-refractivity contribution in [3.8, 4) is 0 Å². The number of rotatable bonds is 4. The van der Waals surface area contributed by atoms with Crippen molar-refractivity contribution in [2.45, 2.75) is 39.8 Å². The van der Waals surface area contributed by atoms with Crippen LogP contribution in [0.3, 0.4) is 0 Å². The molecule has 1 aromatic rings. The molecule has 0 atom stereocenters. The van der Waals surface area contributed by atoms with Crippen LogP contribution < -0.4 is 11.1 Å². The molecule has 1 heterocycles. The Morgan fingerprint density at radius 2 is 2.06 bits per heavy atom. The van der Waals surface area contributed by atoms with Crippen LogP contribution in [-0.2, 0) is 11.3 Å². The Balaban J connectivity index is 2.65. The highest BCUT2D eigenvalue weighted by molar-refractivity contribution is 9.10. The van der Waals surface area contributed by atoms with E-state index in [-0.39, 0.29) is 5.91 Å². The topological polar surface area (TPSA) is 55.1 Å². The molecule has 5 heteroatoms. The first kappa shape index (κ1) is 14.7. The highest BCUT2D eigenvalue weighted by atomic mass is 79.9. The molecule has 3 N–H and O–H groups in total. The second kappa shape index (κ2) is 5.08. The van der Waals surface area contributed by atoms with Crippen molar-refractivity contribution in [1.29, 1.82) is 0 Å². The lowest BCUT2D eigenvalue weighted by atomic mass is 9.74. The Morgan fingerprint density at radius 3 is 2.47 bits per heavy atom. The summed E-state index contributed by atoms with van der Waals surface area (Å²) in [5.41, 5.74) is 4.87. The first-order valence-electron chi connectivity index (χ1n) is 5.45. The molecule has 0 fully saturated rings. The Kier molecular flexibility index (Phi) is 4.38. The molecule has 3 nitrogen and oxygen atoms in total. The summed E-state index contributed by atoms with van der Waals surface area (Å²) in [4.78, 5) is 13.2. The molecular formula is C12H19BrN2OS. The van der Waals surface area contributed by atoms with Crippen LogP contribution in [0.5, 0.6) is 0 Å². The van der Waals surface area contributed by atoms with E-state index in [1.54, 1.807) is 11.3 Å². The molecule has 96 valence electrons. The fourth-order valence-electron chi connectivity index (χ4n) is 1.13. The molecule has 17 heavy (non-hydrogen) atoms. The molecule has 0 aromatic carbocycles. The maximum Gasteiger partial charge on any atom is 0.227 e. The third-order valence-electron chi connectivity index (χ3n) is 3.28. The zero-order valence-electron chi connectivity index (χ0n) is 10.6. The van der Waals surface area contributed by atoms with Gasteiger partial charge in [-0.15, -0.1) is 11.3 Å². The van der Waals surface area contributed by atoms with Crippen LogP contribution in [0.1, 0.15) is 32.6 Å². The summed E-state index contributed by atoms with van der Waals surface area (Å²) in [5.74, 6) is -0.0229. The summed E-state index contributed by atoms with van der Waals surface area (Å²) < 4.78 is 1.03. The van der Waals surface area contributed by atoms with Gasteiger partial charge in [0.15, 0.2) is 0 Å². The average Bonchev–Trinajstić information content (AvgIpc) is 2.58. The molecule has 0 saturated carbocycles. The monoisotopic (exact) mass is 318 g/mol. The zero-order chi connectivity index (χ0) is 13.3. The molecule has 0 aliphatic rings. The normalized spacial score (nSPS) is 12.6. The van der Waals surface area contributed by atoms with Crippen molar-refractivity contribution in [2.24, 2.45) is 11.1 Å². The van der Waals surface area contributed by atoms with Gasteiger partial charge in [-0.1, -0.05) is 0 Å². The summed E-state index contributed by atoms with van der Waals surface area (Å²) >= 11 is 5.06. The van der Waals surface area contributed by atoms with Gasteiger partial charge in [0.2, 0.25) is 5.91 Å². The number of amides is 1. The first-order valence-corrected chi connectivity index (χ1v) is 7.12. The maximum atomic E-state index is 12.1. The Hall–Kier alpha value is -0.390. The number of hydrogen-bond acceptors (Lipinski definition) is 3. The van der Waals surface area contributed by atoms with Gasteiger partial charge in [-0.05, 0) is 55.1 Å². The Labute approximate surface area is 115 Å². The number of carbonyl (C=O) groups excluding carboxylic acids is 1. The van der Waals surface area contributed by atoms with Gasteiger partial charge in [-0.25, -0.2) is 0 Å². The Bertz CT molecular complexity index is 407. The minimum Gasteiger partial charge on any atom is -0.351 e. The van der Waals surface area contributed by atoms with E-state index in [9.17, 15) is 4.79 Å². The molecule has 0 saturated heterocycles. The fraction of sp³-hybridized carbons (Fsp3) is 0.583. The van der Waals surface area contributed by atoms with Crippen LogP contribution in [0.2, 0.25) is 0 Å². The van der Waals surface area contributed by atoms with Crippen LogP contribution in [0, 0.1) is 5.41 Å². The van der Waals surface area contributed by atoms with Gasteiger partial charge in [-0.3, -0.25) is 4.79 Å². The van der Waals surface area contributed by atoms with Gasteiger partial charge in [-0.2, -0.15) is 0 Å². The number of nitrogens with one attached hydrogen (secondary N) is 1. The van der Waals surface area contributed by atoms with E-state index in [0.717, 1.165) is 9.35 Å². The van der Waals surface area contributed by atoms with Gasteiger partial charge in [0.25, 0.3) is 0 Å². The fourth-order valence-corrected chi connectivity index (χ4v) is 2.56. The van der Waals surface area contributed by atoms with Crippen LogP contribution >= 0.6 is 27.3 Å². The summed E-state index contributed by atoms with van der Waals surface area (Å²) in [6.07, 6.45) is 0. The van der Waals surface area contributed by atoms with Crippen molar-refractivity contribution in [1.82, 2.24) is 5.32 Å². The first-order chi connectivity index (χ1) is 7.66. The third-order valence-corrected chi connectivity index (χ3v) is 5.21. The lowest BCUT2D eigenvalue weighted by Gasteiger charge is -2.36. The van der Waals surface area contributed by atoms with Crippen LogP contribution in [-0.4, -0.2) is 11.4 Å². The SMILES string of the molecule is CC(C)(N)C(C)(C)C(=O)NCc1sccc1Br. The molecule has 0 aliphatic heterocycles.